The molecule has 0 aromatic heterocycles. The standard InChI is InChI=1S/C38H33NO4/c1-38(2)24-7-4-3-6-22(18-24)28-20-25(12-14-32(28)38)39-33-9-5-8-26(33)29-16-21(10-15-34(29)39)17-31-35(40)27-13-11-23(37(42)43)19-30(27)36(31)41/h3-4,6-7,10-16,18-20,24,26,31,33H,5,8-9,17H2,1-2H3,(H,42,43). The van der Waals surface area contributed by atoms with Crippen molar-refractivity contribution in [1.82, 2.24) is 0 Å². The molecule has 5 aliphatic rings. The highest BCUT2D eigenvalue weighted by atomic mass is 16.4. The summed E-state index contributed by atoms with van der Waals surface area (Å²) in [5.41, 5.74) is 9.29. The van der Waals surface area contributed by atoms with Gasteiger partial charge in [-0.3, -0.25) is 9.59 Å². The molecule has 2 bridgehead atoms. The second-order valence-corrected chi connectivity index (χ2v) is 13.3. The van der Waals surface area contributed by atoms with Crippen LogP contribution in [-0.4, -0.2) is 28.7 Å². The van der Waals surface area contributed by atoms with Crippen molar-refractivity contribution in [2.45, 2.75) is 56.9 Å². The van der Waals surface area contributed by atoms with Crippen LogP contribution in [-0.2, 0) is 11.8 Å². The van der Waals surface area contributed by atoms with Gasteiger partial charge in [0.1, 0.15) is 0 Å². The summed E-state index contributed by atoms with van der Waals surface area (Å²) < 4.78 is 0. The molecule has 1 N–H and O–H groups in total. The van der Waals surface area contributed by atoms with Crippen molar-refractivity contribution in [3.8, 4) is 0 Å². The number of anilines is 2. The summed E-state index contributed by atoms with van der Waals surface area (Å²) in [7, 11) is 0. The highest BCUT2D eigenvalue weighted by Gasteiger charge is 2.44. The monoisotopic (exact) mass is 567 g/mol. The molecular weight excluding hydrogens is 534 g/mol. The fraction of sp³-hybridized carbons (Fsp3) is 0.289. The van der Waals surface area contributed by atoms with E-state index in [0.717, 1.165) is 18.4 Å². The number of carboxylic acid groups (broad SMARTS) is 1. The predicted octanol–water partition coefficient (Wildman–Crippen LogP) is 7.83. The predicted molar refractivity (Wildman–Crippen MR) is 167 cm³/mol. The van der Waals surface area contributed by atoms with Gasteiger partial charge in [0.25, 0.3) is 0 Å². The Balaban J connectivity index is 1.13. The van der Waals surface area contributed by atoms with Crippen LogP contribution in [0.15, 0.2) is 85.0 Å². The molecule has 8 rings (SSSR count). The lowest BCUT2D eigenvalue weighted by molar-refractivity contribution is 0.0696. The third-order valence-corrected chi connectivity index (χ3v) is 10.6. The molecule has 3 aromatic carbocycles. The summed E-state index contributed by atoms with van der Waals surface area (Å²) in [5, 5.41) is 9.36. The van der Waals surface area contributed by atoms with Crippen LogP contribution >= 0.6 is 0 Å². The molecule has 4 atom stereocenters. The van der Waals surface area contributed by atoms with E-state index in [9.17, 15) is 19.5 Å². The van der Waals surface area contributed by atoms with Gasteiger partial charge in [0, 0.05) is 45.8 Å². The molecule has 214 valence electrons. The molecule has 5 heteroatoms. The average molecular weight is 568 g/mol. The minimum absolute atomic E-state index is 0.0115. The number of aromatic carboxylic acids is 1. The number of Topliss-reactive ketones (excluding diaryl/α,β-unsaturated/α-hetero) is 2. The Hall–Kier alpha value is -4.51. The molecule has 0 radical (unpaired) electrons. The molecule has 1 aliphatic heterocycles. The molecule has 0 saturated heterocycles. The number of carbonyl (C=O) groups excluding carboxylic acids is 2. The summed E-state index contributed by atoms with van der Waals surface area (Å²) in [6.45, 7) is 4.67. The first-order valence-corrected chi connectivity index (χ1v) is 15.3. The van der Waals surface area contributed by atoms with E-state index in [2.05, 4.69) is 85.5 Å². The van der Waals surface area contributed by atoms with E-state index in [1.54, 1.807) is 0 Å². The van der Waals surface area contributed by atoms with Gasteiger partial charge >= 0.3 is 5.97 Å². The lowest BCUT2D eigenvalue weighted by Gasteiger charge is -2.38. The Kier molecular flexibility index (Phi) is 5.62. The highest BCUT2D eigenvalue weighted by Crippen LogP contribution is 2.54. The Bertz CT molecular complexity index is 1860. The lowest BCUT2D eigenvalue weighted by Crippen LogP contribution is -2.31. The number of hydrogen-bond acceptors (Lipinski definition) is 4. The maximum atomic E-state index is 13.3. The number of nitrogens with zero attached hydrogens (tertiary/aromatic N) is 1. The molecule has 43 heavy (non-hydrogen) atoms. The number of fused-ring (bicyclic) bond motifs is 7. The number of carbonyl (C=O) groups is 3. The zero-order valence-corrected chi connectivity index (χ0v) is 24.3. The first-order valence-electron chi connectivity index (χ1n) is 15.3. The molecule has 4 aliphatic carbocycles. The molecule has 1 saturated carbocycles. The first-order chi connectivity index (χ1) is 20.7. The zero-order chi connectivity index (χ0) is 29.6. The minimum Gasteiger partial charge on any atom is -0.478 e. The van der Waals surface area contributed by atoms with E-state index in [-0.39, 0.29) is 28.1 Å². The van der Waals surface area contributed by atoms with Gasteiger partial charge in [-0.05, 0) is 83.5 Å². The van der Waals surface area contributed by atoms with Crippen molar-refractivity contribution in [3.05, 3.63) is 124 Å². The fourth-order valence-corrected chi connectivity index (χ4v) is 8.32. The van der Waals surface area contributed by atoms with E-state index >= 15 is 0 Å². The highest BCUT2D eigenvalue weighted by molar-refractivity contribution is 6.27. The molecule has 5 nitrogen and oxygen atoms in total. The van der Waals surface area contributed by atoms with Crippen LogP contribution in [0, 0.1) is 11.8 Å². The summed E-state index contributed by atoms with van der Waals surface area (Å²) >= 11 is 0. The van der Waals surface area contributed by atoms with Gasteiger partial charge in [0.05, 0.1) is 11.5 Å². The smallest absolute Gasteiger partial charge is 0.335 e. The van der Waals surface area contributed by atoms with Gasteiger partial charge < -0.3 is 10.0 Å². The van der Waals surface area contributed by atoms with Crippen molar-refractivity contribution in [2.24, 2.45) is 11.8 Å². The van der Waals surface area contributed by atoms with Crippen LogP contribution < -0.4 is 4.90 Å². The normalized spacial score (nSPS) is 25.6. The van der Waals surface area contributed by atoms with E-state index in [1.165, 1.54) is 58.3 Å². The molecule has 1 fully saturated rings. The average Bonchev–Trinajstić information content (AvgIpc) is 3.58. The van der Waals surface area contributed by atoms with Crippen molar-refractivity contribution in [3.63, 3.8) is 0 Å². The Morgan fingerprint density at radius 1 is 0.930 bits per heavy atom. The van der Waals surface area contributed by atoms with Gasteiger partial charge in [-0.2, -0.15) is 0 Å². The SMILES string of the molecule is CC1(C)c2ccc(N3c4ccc(CC5C(=O)c6ccc(C(=O)O)cc6C5=O)cc4C4CCCC43)cc2C2=CC1C=CC=C2. The third kappa shape index (κ3) is 3.80. The Morgan fingerprint density at radius 3 is 2.60 bits per heavy atom. The third-order valence-electron chi connectivity index (χ3n) is 10.6. The Labute approximate surface area is 251 Å². The van der Waals surface area contributed by atoms with Crippen LogP contribution in [0.4, 0.5) is 11.4 Å². The van der Waals surface area contributed by atoms with Gasteiger partial charge in [0.2, 0.25) is 0 Å². The number of rotatable bonds is 4. The van der Waals surface area contributed by atoms with Crippen molar-refractivity contribution < 1.29 is 19.5 Å². The van der Waals surface area contributed by atoms with Gasteiger partial charge in [-0.1, -0.05) is 68.8 Å². The van der Waals surface area contributed by atoms with Gasteiger partial charge in [-0.25, -0.2) is 4.79 Å². The maximum Gasteiger partial charge on any atom is 0.335 e. The van der Waals surface area contributed by atoms with Crippen molar-refractivity contribution >= 4 is 34.5 Å². The summed E-state index contributed by atoms with van der Waals surface area (Å²) in [6, 6.07) is 18.1. The lowest BCUT2D eigenvalue weighted by atomic mass is 9.67. The molecule has 4 unspecified atom stereocenters. The largest absolute Gasteiger partial charge is 0.478 e. The molecule has 0 amide bonds. The number of allylic oxidation sites excluding steroid dienone is 6. The van der Waals surface area contributed by atoms with E-state index in [1.807, 2.05) is 0 Å². The minimum atomic E-state index is -1.10. The first kappa shape index (κ1) is 26.1. The summed E-state index contributed by atoms with van der Waals surface area (Å²) in [4.78, 5) is 40.5. The van der Waals surface area contributed by atoms with Gasteiger partial charge in [0.15, 0.2) is 11.6 Å². The van der Waals surface area contributed by atoms with E-state index in [0.29, 0.717) is 29.9 Å². The fourth-order valence-electron chi connectivity index (χ4n) is 8.32. The summed E-state index contributed by atoms with van der Waals surface area (Å²) in [6.07, 6.45) is 15.0. The number of ketones is 2. The maximum absolute atomic E-state index is 13.3. The molecule has 1 heterocycles. The molecular formula is C38H33NO4. The number of hydrogen-bond donors (Lipinski definition) is 1. The number of benzene rings is 3. The van der Waals surface area contributed by atoms with E-state index < -0.39 is 11.9 Å². The van der Waals surface area contributed by atoms with Crippen molar-refractivity contribution in [1.29, 1.82) is 0 Å². The van der Waals surface area contributed by atoms with Crippen LogP contribution in [0.25, 0.3) is 5.57 Å². The van der Waals surface area contributed by atoms with Crippen LogP contribution in [0.2, 0.25) is 0 Å². The second kappa shape index (κ2) is 9.24. The van der Waals surface area contributed by atoms with Crippen LogP contribution in [0.3, 0.4) is 0 Å². The quantitative estimate of drug-likeness (QED) is 0.325. The number of carboxylic acids is 1. The van der Waals surface area contributed by atoms with Crippen LogP contribution in [0.1, 0.15) is 92.4 Å². The van der Waals surface area contributed by atoms with E-state index in [4.69, 9.17) is 0 Å². The zero-order valence-electron chi connectivity index (χ0n) is 24.3. The summed E-state index contributed by atoms with van der Waals surface area (Å²) in [5.74, 6) is -1.62. The topological polar surface area (TPSA) is 74.7 Å². The van der Waals surface area contributed by atoms with Crippen molar-refractivity contribution in [2.75, 3.05) is 4.90 Å². The Morgan fingerprint density at radius 2 is 1.77 bits per heavy atom. The van der Waals surface area contributed by atoms with Crippen LogP contribution in [0.5, 0.6) is 0 Å². The second-order valence-electron chi connectivity index (χ2n) is 13.3. The molecule has 0 spiro atoms. The van der Waals surface area contributed by atoms with Gasteiger partial charge in [-0.15, -0.1) is 0 Å². The molecule has 3 aromatic rings.